The Balaban J connectivity index is 1.97. The van der Waals surface area contributed by atoms with E-state index in [4.69, 9.17) is 0 Å². The van der Waals surface area contributed by atoms with E-state index in [9.17, 15) is 14.0 Å². The van der Waals surface area contributed by atoms with Gasteiger partial charge in [0.1, 0.15) is 11.6 Å². The van der Waals surface area contributed by atoms with Crippen molar-refractivity contribution < 1.29 is 14.0 Å². The zero-order valence-corrected chi connectivity index (χ0v) is 10.4. The minimum absolute atomic E-state index is 0.0124. The molecule has 0 amide bonds. The van der Waals surface area contributed by atoms with E-state index < -0.39 is 0 Å². The molecule has 2 nitrogen and oxygen atoms in total. The second-order valence-electron chi connectivity index (χ2n) is 4.98. The smallest absolute Gasteiger partial charge is 0.170 e. The average Bonchev–Trinajstić information content (AvgIpc) is 3.23. The predicted octanol–water partition coefficient (Wildman–Crippen LogP) is 3.53. The van der Waals surface area contributed by atoms with Gasteiger partial charge in [0, 0.05) is 16.9 Å². The monoisotopic (exact) mass is 256 g/mol. The normalized spacial score (nSPS) is 14.6. The van der Waals surface area contributed by atoms with E-state index in [1.54, 1.807) is 24.3 Å². The molecule has 3 heteroatoms. The van der Waals surface area contributed by atoms with Gasteiger partial charge < -0.3 is 0 Å². The van der Waals surface area contributed by atoms with Crippen LogP contribution < -0.4 is 0 Å². The molecule has 0 aliphatic heterocycles. The molecule has 0 aromatic heterocycles. The van der Waals surface area contributed by atoms with E-state index in [0.29, 0.717) is 16.3 Å². The molecule has 96 valence electrons. The van der Waals surface area contributed by atoms with Crippen molar-refractivity contribution in [1.82, 2.24) is 0 Å². The van der Waals surface area contributed by atoms with E-state index in [-0.39, 0.29) is 29.7 Å². The third-order valence-corrected chi connectivity index (χ3v) is 3.54. The summed E-state index contributed by atoms with van der Waals surface area (Å²) < 4.78 is 13.7. The van der Waals surface area contributed by atoms with Crippen molar-refractivity contribution in [1.29, 1.82) is 0 Å². The van der Waals surface area contributed by atoms with Crippen molar-refractivity contribution in [3.05, 3.63) is 47.8 Å². The van der Waals surface area contributed by atoms with Crippen LogP contribution in [-0.2, 0) is 4.79 Å². The molecule has 0 atom stereocenters. The molecular weight excluding hydrogens is 243 g/mol. The van der Waals surface area contributed by atoms with Crippen LogP contribution in [0.15, 0.2) is 36.4 Å². The molecule has 0 bridgehead atoms. The second kappa shape index (κ2) is 4.57. The van der Waals surface area contributed by atoms with Crippen LogP contribution in [0.3, 0.4) is 0 Å². The number of rotatable bonds is 4. The summed E-state index contributed by atoms with van der Waals surface area (Å²) in [6.07, 6.45) is 1.73. The predicted molar refractivity (Wildman–Crippen MR) is 70.6 cm³/mol. The lowest BCUT2D eigenvalue weighted by molar-refractivity contribution is -0.119. The zero-order chi connectivity index (χ0) is 13.4. The number of benzene rings is 2. The van der Waals surface area contributed by atoms with Gasteiger partial charge in [0.2, 0.25) is 0 Å². The quantitative estimate of drug-likeness (QED) is 0.619. The Morgan fingerprint density at radius 3 is 2.42 bits per heavy atom. The molecule has 0 heterocycles. The Kier molecular flexibility index (Phi) is 2.90. The van der Waals surface area contributed by atoms with Crippen molar-refractivity contribution in [2.24, 2.45) is 5.92 Å². The Labute approximate surface area is 110 Å². The summed E-state index contributed by atoms with van der Waals surface area (Å²) >= 11 is 0. The number of ketones is 2. The van der Waals surface area contributed by atoms with Crippen LogP contribution in [0.4, 0.5) is 4.39 Å². The number of hydrogen-bond acceptors (Lipinski definition) is 2. The maximum Gasteiger partial charge on any atom is 0.170 e. The van der Waals surface area contributed by atoms with Crippen molar-refractivity contribution in [3.8, 4) is 0 Å². The highest BCUT2D eigenvalue weighted by Gasteiger charge is 2.31. The fourth-order valence-electron chi connectivity index (χ4n) is 2.31. The molecule has 2 aromatic rings. The van der Waals surface area contributed by atoms with Gasteiger partial charge in [-0.05, 0) is 30.4 Å². The summed E-state index contributed by atoms with van der Waals surface area (Å²) in [7, 11) is 0. The third kappa shape index (κ3) is 2.28. The highest BCUT2D eigenvalue weighted by Crippen LogP contribution is 2.32. The minimum Gasteiger partial charge on any atom is -0.299 e. The first-order valence-electron chi connectivity index (χ1n) is 6.40. The summed E-state index contributed by atoms with van der Waals surface area (Å²) in [6.45, 7) is 0. The van der Waals surface area contributed by atoms with Crippen LogP contribution in [0.2, 0.25) is 0 Å². The molecule has 0 unspecified atom stereocenters. The lowest BCUT2D eigenvalue weighted by Gasteiger charge is -2.06. The van der Waals surface area contributed by atoms with Crippen molar-refractivity contribution in [2.45, 2.75) is 19.3 Å². The molecule has 0 N–H and O–H groups in total. The standard InChI is InChI=1S/C16H13FO2/c17-14-8-7-13(11-3-1-2-4-12(11)14)16(19)9-15(18)10-5-6-10/h1-4,7-8,10H,5-6,9H2. The topological polar surface area (TPSA) is 34.1 Å². The Morgan fingerprint density at radius 2 is 1.74 bits per heavy atom. The van der Waals surface area contributed by atoms with Crippen LogP contribution in [0.1, 0.15) is 29.6 Å². The fourth-order valence-corrected chi connectivity index (χ4v) is 2.31. The Hall–Kier alpha value is -2.03. The molecule has 0 spiro atoms. The van der Waals surface area contributed by atoms with Crippen LogP contribution in [-0.4, -0.2) is 11.6 Å². The first-order valence-corrected chi connectivity index (χ1v) is 6.40. The van der Waals surface area contributed by atoms with E-state index in [0.717, 1.165) is 12.8 Å². The molecule has 2 aromatic carbocycles. The van der Waals surface area contributed by atoms with E-state index in [2.05, 4.69) is 0 Å². The van der Waals surface area contributed by atoms with Gasteiger partial charge in [-0.25, -0.2) is 4.39 Å². The molecule has 0 radical (unpaired) electrons. The van der Waals surface area contributed by atoms with Gasteiger partial charge in [-0.3, -0.25) is 9.59 Å². The summed E-state index contributed by atoms with van der Waals surface area (Å²) in [6, 6.07) is 9.62. The highest BCUT2D eigenvalue weighted by molar-refractivity contribution is 6.15. The first-order chi connectivity index (χ1) is 9.16. The Bertz CT molecular complexity index is 672. The van der Waals surface area contributed by atoms with Gasteiger partial charge in [0.05, 0.1) is 6.42 Å². The van der Waals surface area contributed by atoms with Gasteiger partial charge in [-0.1, -0.05) is 24.3 Å². The van der Waals surface area contributed by atoms with E-state index >= 15 is 0 Å². The summed E-state index contributed by atoms with van der Waals surface area (Å²) in [4.78, 5) is 23.9. The van der Waals surface area contributed by atoms with Crippen LogP contribution in [0, 0.1) is 11.7 Å². The molecule has 1 aliphatic carbocycles. The maximum absolute atomic E-state index is 13.7. The number of halogens is 1. The SMILES string of the molecule is O=C(CC(=O)C1CC1)c1ccc(F)c2ccccc12. The lowest BCUT2D eigenvalue weighted by Crippen LogP contribution is -2.10. The third-order valence-electron chi connectivity index (χ3n) is 3.54. The summed E-state index contributed by atoms with van der Waals surface area (Å²) in [5.41, 5.74) is 0.436. The largest absolute Gasteiger partial charge is 0.299 e. The molecule has 0 saturated heterocycles. The molecular formula is C16H13FO2. The highest BCUT2D eigenvalue weighted by atomic mass is 19.1. The summed E-state index contributed by atoms with van der Waals surface area (Å²) in [5, 5.41) is 1.00. The summed E-state index contributed by atoms with van der Waals surface area (Å²) in [5.74, 6) is -0.470. The van der Waals surface area contributed by atoms with Gasteiger partial charge in [0.25, 0.3) is 0 Å². The lowest BCUT2D eigenvalue weighted by atomic mass is 9.97. The van der Waals surface area contributed by atoms with Gasteiger partial charge in [-0.2, -0.15) is 0 Å². The van der Waals surface area contributed by atoms with Gasteiger partial charge >= 0.3 is 0 Å². The van der Waals surface area contributed by atoms with Crippen LogP contribution in [0.5, 0.6) is 0 Å². The molecule has 19 heavy (non-hydrogen) atoms. The molecule has 1 saturated carbocycles. The number of Topliss-reactive ketones (excluding diaryl/α,β-unsaturated/α-hetero) is 2. The number of fused-ring (bicyclic) bond motifs is 1. The van der Waals surface area contributed by atoms with E-state index in [1.807, 2.05) is 0 Å². The molecule has 1 fully saturated rings. The maximum atomic E-state index is 13.7. The van der Waals surface area contributed by atoms with Gasteiger partial charge in [0.15, 0.2) is 5.78 Å². The number of carbonyl (C=O) groups is 2. The second-order valence-corrected chi connectivity index (χ2v) is 4.98. The van der Waals surface area contributed by atoms with Crippen molar-refractivity contribution in [3.63, 3.8) is 0 Å². The number of carbonyl (C=O) groups excluding carboxylic acids is 2. The first kappa shape index (κ1) is 12.0. The number of hydrogen-bond donors (Lipinski definition) is 0. The van der Waals surface area contributed by atoms with Crippen molar-refractivity contribution in [2.75, 3.05) is 0 Å². The van der Waals surface area contributed by atoms with Crippen LogP contribution in [0.25, 0.3) is 10.8 Å². The minimum atomic E-state index is -0.347. The fraction of sp³-hybridized carbons (Fsp3) is 0.250. The van der Waals surface area contributed by atoms with E-state index in [1.165, 1.54) is 12.1 Å². The molecule has 1 aliphatic rings. The zero-order valence-electron chi connectivity index (χ0n) is 10.4. The molecule has 3 rings (SSSR count). The van der Waals surface area contributed by atoms with Crippen LogP contribution >= 0.6 is 0 Å². The van der Waals surface area contributed by atoms with Crippen molar-refractivity contribution >= 4 is 22.3 Å². The average molecular weight is 256 g/mol. The van der Waals surface area contributed by atoms with Gasteiger partial charge in [-0.15, -0.1) is 0 Å². The Morgan fingerprint density at radius 1 is 1.05 bits per heavy atom.